The molecule has 1 aliphatic rings. The summed E-state index contributed by atoms with van der Waals surface area (Å²) in [4.78, 5) is 14.9. The van der Waals surface area contributed by atoms with Crippen molar-refractivity contribution in [3.63, 3.8) is 0 Å². The molecule has 194 valence electrons. The van der Waals surface area contributed by atoms with Gasteiger partial charge in [-0.15, -0.1) is 0 Å². The van der Waals surface area contributed by atoms with Crippen LogP contribution < -0.4 is 15.1 Å². The Labute approximate surface area is 205 Å². The molecule has 3 atom stereocenters. The van der Waals surface area contributed by atoms with Crippen molar-refractivity contribution in [2.24, 2.45) is 0 Å². The minimum atomic E-state index is -4.80. The molecule has 3 rings (SSSR count). The molecule has 18 heteroatoms. The van der Waals surface area contributed by atoms with Gasteiger partial charge in [0.1, 0.15) is 4.90 Å². The highest BCUT2D eigenvalue weighted by Gasteiger charge is 2.32. The molecule has 3 unspecified atom stereocenters. The van der Waals surface area contributed by atoms with Crippen molar-refractivity contribution in [2.75, 3.05) is 42.3 Å². The van der Waals surface area contributed by atoms with E-state index in [2.05, 4.69) is 20.3 Å². The molecule has 35 heavy (non-hydrogen) atoms. The lowest BCUT2D eigenvalue weighted by Gasteiger charge is -2.44. The number of rotatable bonds is 7. The van der Waals surface area contributed by atoms with Crippen LogP contribution in [-0.2, 0) is 31.5 Å². The summed E-state index contributed by atoms with van der Waals surface area (Å²) in [5, 5.41) is 2.58. The lowest BCUT2D eigenvalue weighted by atomic mass is 10.1. The maximum Gasteiger partial charge on any atom is 0.296 e. The van der Waals surface area contributed by atoms with E-state index in [-0.39, 0.29) is 37.0 Å². The fourth-order valence-corrected chi connectivity index (χ4v) is 5.26. The number of anilines is 4. The second kappa shape index (κ2) is 9.88. The molecule has 15 nitrogen and oxygen atoms in total. The van der Waals surface area contributed by atoms with E-state index in [1.54, 1.807) is 37.7 Å². The monoisotopic (exact) mass is 550 g/mol. The third-order valence-corrected chi connectivity index (χ3v) is 7.82. The predicted molar refractivity (Wildman–Crippen MR) is 125 cm³/mol. The van der Waals surface area contributed by atoms with Crippen molar-refractivity contribution in [2.45, 2.75) is 35.7 Å². The highest BCUT2D eigenvalue weighted by molar-refractivity contribution is 7.86. The number of benzene rings is 1. The second-order valence-electron chi connectivity index (χ2n) is 8.05. The zero-order valence-electron chi connectivity index (χ0n) is 19.1. The average molecular weight is 551 g/mol. The first kappa shape index (κ1) is 27.1. The van der Waals surface area contributed by atoms with Gasteiger partial charge in [-0.05, 0) is 32.0 Å². The molecule has 1 aromatic heterocycles. The van der Waals surface area contributed by atoms with E-state index in [1.165, 1.54) is 4.31 Å². The van der Waals surface area contributed by atoms with Crippen LogP contribution in [-0.4, -0.2) is 93.2 Å². The fourth-order valence-electron chi connectivity index (χ4n) is 3.43. The molecule has 0 saturated carbocycles. The van der Waals surface area contributed by atoms with Crippen LogP contribution in [0.3, 0.4) is 0 Å². The third-order valence-electron chi connectivity index (χ3n) is 5.16. The second-order valence-corrected chi connectivity index (χ2v) is 11.8. The van der Waals surface area contributed by atoms with Gasteiger partial charge in [-0.25, -0.2) is 4.31 Å². The molecule has 2 aromatic rings. The van der Waals surface area contributed by atoms with Crippen LogP contribution in [0, 0.1) is 0 Å². The number of hydrogen-bond acceptors (Lipinski definition) is 12. The Balaban J connectivity index is 2.09. The zero-order valence-corrected chi connectivity index (χ0v) is 21.5. The first-order valence-electron chi connectivity index (χ1n) is 10.00. The van der Waals surface area contributed by atoms with E-state index in [9.17, 15) is 34.7 Å². The molecule has 2 heterocycles. The maximum absolute atomic E-state index is 11.8. The summed E-state index contributed by atoms with van der Waals surface area (Å²) >= 11 is -2.40. The number of hydrogen-bond donors (Lipinski definition) is 3. The molecule has 0 amide bonds. The van der Waals surface area contributed by atoms with Gasteiger partial charge in [0.25, 0.3) is 20.2 Å². The Hall–Kier alpha value is -2.48. The molecule has 0 radical (unpaired) electrons. The Morgan fingerprint density at radius 1 is 1.06 bits per heavy atom. The summed E-state index contributed by atoms with van der Waals surface area (Å²) in [5.41, 5.74) is -0.405. The molecule has 1 aromatic carbocycles. The van der Waals surface area contributed by atoms with Gasteiger partial charge in [-0.1, -0.05) is 0 Å². The van der Waals surface area contributed by atoms with E-state index in [1.807, 2.05) is 0 Å². The lowest BCUT2D eigenvalue weighted by Crippen LogP contribution is -2.57. The van der Waals surface area contributed by atoms with Crippen LogP contribution in [0.1, 0.15) is 13.8 Å². The van der Waals surface area contributed by atoms with Crippen molar-refractivity contribution in [3.05, 3.63) is 18.2 Å². The van der Waals surface area contributed by atoms with E-state index >= 15 is 0 Å². The van der Waals surface area contributed by atoms with Crippen LogP contribution in [0.25, 0.3) is 0 Å². The van der Waals surface area contributed by atoms with Crippen LogP contribution in [0.4, 0.5) is 23.5 Å². The van der Waals surface area contributed by atoms with Crippen molar-refractivity contribution in [1.29, 1.82) is 0 Å². The van der Waals surface area contributed by atoms with Gasteiger partial charge >= 0.3 is 0 Å². The topological polar surface area (TPSA) is 209 Å². The molecule has 0 bridgehead atoms. The third kappa shape index (κ3) is 6.21. The van der Waals surface area contributed by atoms with Gasteiger partial charge < -0.3 is 19.7 Å². The van der Waals surface area contributed by atoms with Gasteiger partial charge in [-0.3, -0.25) is 13.3 Å². The maximum atomic E-state index is 11.8. The zero-order chi connectivity index (χ0) is 26.3. The number of aromatic nitrogens is 3. The molecule has 1 fully saturated rings. The Morgan fingerprint density at radius 2 is 1.71 bits per heavy atom. The molecular formula is C17H24N7O8S3-. The summed E-state index contributed by atoms with van der Waals surface area (Å²) < 4.78 is 90.0. The fraction of sp³-hybridized carbons (Fsp3) is 0.471. The van der Waals surface area contributed by atoms with E-state index in [0.717, 1.165) is 18.2 Å². The molecular weight excluding hydrogens is 526 g/mol. The van der Waals surface area contributed by atoms with Crippen LogP contribution in [0.15, 0.2) is 28.0 Å². The highest BCUT2D eigenvalue weighted by Crippen LogP contribution is 2.29. The minimum Gasteiger partial charge on any atom is -0.760 e. The molecule has 0 aliphatic carbocycles. The van der Waals surface area contributed by atoms with Crippen molar-refractivity contribution in [1.82, 2.24) is 19.3 Å². The molecule has 0 spiro atoms. The molecule has 3 N–H and O–H groups in total. The number of nitrogens with zero attached hydrogens (tertiary/aromatic N) is 6. The predicted octanol–water partition coefficient (Wildman–Crippen LogP) is -0.132. The normalized spacial score (nSPS) is 20.5. The summed E-state index contributed by atoms with van der Waals surface area (Å²) in [7, 11) is -6.19. The smallest absolute Gasteiger partial charge is 0.296 e. The minimum absolute atomic E-state index is 0.154. The SMILES string of the molecule is CC1CN(S(=O)[O-])C(C)CN1c1nc(Nc2cc(S(=O)(=O)O)ccc2S(=O)(=O)O)nc(N(C)C)n1. The average Bonchev–Trinajstić information content (AvgIpc) is 2.73. The Kier molecular flexibility index (Phi) is 7.65. The van der Waals surface area contributed by atoms with Crippen molar-refractivity contribution < 1.29 is 34.7 Å². The summed E-state index contributed by atoms with van der Waals surface area (Å²) in [6.07, 6.45) is 0. The largest absolute Gasteiger partial charge is 0.760 e. The number of piperazine rings is 1. The van der Waals surface area contributed by atoms with Crippen LogP contribution in [0.2, 0.25) is 0 Å². The van der Waals surface area contributed by atoms with Crippen molar-refractivity contribution in [3.8, 4) is 0 Å². The van der Waals surface area contributed by atoms with E-state index in [0.29, 0.717) is 0 Å². The van der Waals surface area contributed by atoms with Gasteiger partial charge in [-0.2, -0.15) is 31.8 Å². The van der Waals surface area contributed by atoms with Gasteiger partial charge in [0.05, 0.1) is 10.6 Å². The lowest BCUT2D eigenvalue weighted by molar-refractivity contribution is 0.263. The van der Waals surface area contributed by atoms with E-state index in [4.69, 9.17) is 0 Å². The number of nitrogens with one attached hydrogen (secondary N) is 1. The summed E-state index contributed by atoms with van der Waals surface area (Å²) in [6, 6.07) is 1.71. The van der Waals surface area contributed by atoms with Gasteiger partial charge in [0, 0.05) is 50.5 Å². The summed E-state index contributed by atoms with van der Waals surface area (Å²) in [5.74, 6) is 0.124. The van der Waals surface area contributed by atoms with Gasteiger partial charge in [0.15, 0.2) is 0 Å². The highest BCUT2D eigenvalue weighted by atomic mass is 32.2. The summed E-state index contributed by atoms with van der Waals surface area (Å²) in [6.45, 7) is 3.93. The van der Waals surface area contributed by atoms with Crippen LogP contribution in [0.5, 0.6) is 0 Å². The van der Waals surface area contributed by atoms with Crippen molar-refractivity contribution >= 4 is 55.0 Å². The first-order chi connectivity index (χ1) is 16.1. The van der Waals surface area contributed by atoms with Crippen LogP contribution >= 0.6 is 0 Å². The molecule has 1 aliphatic heterocycles. The standard InChI is InChI=1S/C17H25N7O8S3/c1-10-9-24(33(25)26)11(2)8-23(10)17-20-15(19-16(21-17)22(3)4)18-13-7-12(34(27,28)29)5-6-14(13)35(30,31)32/h5-7,10-11H,8-9H2,1-4H3,(H,25,26)(H,27,28,29)(H,30,31,32)(H,18,19,20,21)/p-1. The Morgan fingerprint density at radius 3 is 2.26 bits per heavy atom. The van der Waals surface area contributed by atoms with Gasteiger partial charge in [0.2, 0.25) is 17.8 Å². The molecule has 1 saturated heterocycles. The Bertz CT molecular complexity index is 1350. The quantitative estimate of drug-likeness (QED) is 0.303. The van der Waals surface area contributed by atoms with E-state index < -0.39 is 53.0 Å². The first-order valence-corrected chi connectivity index (χ1v) is 13.9.